The van der Waals surface area contributed by atoms with E-state index in [1.165, 1.54) is 0 Å². The van der Waals surface area contributed by atoms with E-state index in [-0.39, 0.29) is 66.3 Å². The molecule has 0 spiro atoms. The number of rotatable bonds is 0. The van der Waals surface area contributed by atoms with E-state index in [0.29, 0.717) is 0 Å². The van der Waals surface area contributed by atoms with Gasteiger partial charge in [0.15, 0.2) is 0 Å². The molecule has 6 heteroatoms. The summed E-state index contributed by atoms with van der Waals surface area (Å²) in [5.41, 5.74) is 0. The summed E-state index contributed by atoms with van der Waals surface area (Å²) in [6.07, 6.45) is 0. The molecule has 0 aliphatic rings. The van der Waals surface area contributed by atoms with Gasteiger partial charge >= 0.3 is 51.4 Å². The Morgan fingerprint density at radius 2 is 1.50 bits per heavy atom. The fraction of sp³-hybridized carbons (Fsp3) is 0. The summed E-state index contributed by atoms with van der Waals surface area (Å²) >= 11 is -2.61. The third kappa shape index (κ3) is 36.6. The molecule has 0 unspecified atom stereocenters. The topological polar surface area (TPSA) is 57.5 Å². The first-order valence-electron chi connectivity index (χ1n) is 0.532. The molecule has 0 aliphatic heterocycles. The van der Waals surface area contributed by atoms with Crippen LogP contribution in [0.15, 0.2) is 0 Å². The predicted octanol–water partition coefficient (Wildman–Crippen LogP) is -3.09. The molecule has 3 nitrogen and oxygen atoms in total. The number of hydrogen-bond donors (Lipinski definition) is 2. The minimum Gasteiger partial charge on any atom is -1.00 e. The normalized spacial score (nSPS) is 5.83. The molecule has 0 heterocycles. The Morgan fingerprint density at radius 1 is 1.50 bits per heavy atom. The summed E-state index contributed by atoms with van der Waals surface area (Å²) in [4.78, 5) is 0. The van der Waals surface area contributed by atoms with E-state index in [4.69, 9.17) is 13.3 Å². The Bertz CT molecular complexity index is 35.9. The fourth-order valence-electron chi connectivity index (χ4n) is 0. The van der Waals surface area contributed by atoms with Crippen LogP contribution in [0.1, 0.15) is 1.43 Å². The molecule has 0 bridgehead atoms. The van der Waals surface area contributed by atoms with Crippen molar-refractivity contribution in [2.24, 2.45) is 0 Å². The minimum atomic E-state index is -2.61. The van der Waals surface area contributed by atoms with Crippen molar-refractivity contribution >= 4 is 24.9 Å². The second kappa shape index (κ2) is 10.1. The van der Waals surface area contributed by atoms with Crippen molar-refractivity contribution in [1.29, 1.82) is 0 Å². The van der Waals surface area contributed by atoms with Crippen molar-refractivity contribution in [2.75, 3.05) is 0 Å². The Morgan fingerprint density at radius 3 is 1.50 bits per heavy atom. The van der Waals surface area contributed by atoms with E-state index in [0.717, 1.165) is 0 Å². The third-order valence-electron chi connectivity index (χ3n) is 0. The van der Waals surface area contributed by atoms with Crippen LogP contribution in [0.25, 0.3) is 0 Å². The van der Waals surface area contributed by atoms with E-state index in [2.05, 4.69) is 0 Å². The van der Waals surface area contributed by atoms with Gasteiger partial charge in [-0.15, -0.1) is 0 Å². The predicted molar refractivity (Wildman–Crippen MR) is 24.9 cm³/mol. The average molecular weight is 156 g/mol. The third-order valence-corrected chi connectivity index (χ3v) is 0. The Labute approximate surface area is 89.4 Å². The Hall–Kier alpha value is 2.06. The van der Waals surface area contributed by atoms with Crippen molar-refractivity contribution < 1.29 is 66.1 Å². The molecule has 0 rings (SSSR count). The standard InChI is InChI=1S/K.H2O3S.H2S.H/c;1-4(2)3;;/h;(H2,1,2,3);1H2;/q+1;;;-1. The van der Waals surface area contributed by atoms with Crippen LogP contribution < -0.4 is 51.4 Å². The van der Waals surface area contributed by atoms with E-state index in [1.807, 2.05) is 0 Å². The quantitative estimate of drug-likeness (QED) is 0.289. The van der Waals surface area contributed by atoms with Gasteiger partial charge in [-0.05, 0) is 0 Å². The van der Waals surface area contributed by atoms with Crippen molar-refractivity contribution in [3.05, 3.63) is 0 Å². The first kappa shape index (κ1) is 15.7. The molecule has 0 saturated heterocycles. The van der Waals surface area contributed by atoms with Crippen LogP contribution in [0.2, 0.25) is 0 Å². The smallest absolute Gasteiger partial charge is 1.00 e. The molecular weight excluding hydrogens is 151 g/mol. The first-order valence-corrected chi connectivity index (χ1v) is 1.60. The second-order valence-corrected chi connectivity index (χ2v) is 0.692. The van der Waals surface area contributed by atoms with Gasteiger partial charge in [-0.25, -0.2) is 0 Å². The van der Waals surface area contributed by atoms with Gasteiger partial charge in [0, 0.05) is 0 Å². The van der Waals surface area contributed by atoms with Gasteiger partial charge in [-0.3, -0.25) is 9.11 Å². The van der Waals surface area contributed by atoms with Gasteiger partial charge in [-0.1, -0.05) is 0 Å². The van der Waals surface area contributed by atoms with Crippen LogP contribution in [-0.2, 0) is 11.4 Å². The molecule has 6 heavy (non-hydrogen) atoms. The molecule has 0 fully saturated rings. The van der Waals surface area contributed by atoms with Crippen molar-refractivity contribution in [3.63, 3.8) is 0 Å². The minimum absolute atomic E-state index is 0. The Kier molecular flexibility index (Phi) is 26.5. The Balaban J connectivity index is -0.0000000150. The average Bonchev–Trinajstić information content (AvgIpc) is 0.811. The van der Waals surface area contributed by atoms with Crippen LogP contribution in [0, 0.1) is 0 Å². The summed E-state index contributed by atoms with van der Waals surface area (Å²) < 4.78 is 22.8. The maximum atomic E-state index is 8.67. The first-order chi connectivity index (χ1) is 1.73. The van der Waals surface area contributed by atoms with Gasteiger partial charge < -0.3 is 1.43 Å². The summed E-state index contributed by atoms with van der Waals surface area (Å²) in [7, 11) is 0. The molecule has 0 aromatic carbocycles. The fourth-order valence-corrected chi connectivity index (χ4v) is 0. The second-order valence-electron chi connectivity index (χ2n) is 0.231. The SMILES string of the molecule is O=S(O)O.S.[H-].[K+]. The molecule has 0 aromatic heterocycles. The van der Waals surface area contributed by atoms with Crippen molar-refractivity contribution in [3.8, 4) is 0 Å². The van der Waals surface area contributed by atoms with Crippen molar-refractivity contribution in [1.82, 2.24) is 0 Å². The zero-order chi connectivity index (χ0) is 3.58. The van der Waals surface area contributed by atoms with Gasteiger partial charge in [0.2, 0.25) is 0 Å². The molecule has 0 saturated carbocycles. The van der Waals surface area contributed by atoms with E-state index < -0.39 is 11.4 Å². The molecule has 0 aromatic rings. The molecular formula is H5KO3S2. The molecule has 0 atom stereocenters. The molecule has 2 N–H and O–H groups in total. The van der Waals surface area contributed by atoms with Crippen LogP contribution in [0.4, 0.5) is 0 Å². The maximum absolute atomic E-state index is 8.67. The van der Waals surface area contributed by atoms with Gasteiger partial charge in [0.1, 0.15) is 0 Å². The van der Waals surface area contributed by atoms with E-state index in [1.54, 1.807) is 0 Å². The van der Waals surface area contributed by atoms with Crippen LogP contribution in [0.5, 0.6) is 0 Å². The molecule has 0 radical (unpaired) electrons. The monoisotopic (exact) mass is 156 g/mol. The molecule has 0 aliphatic carbocycles. The summed E-state index contributed by atoms with van der Waals surface area (Å²) in [6, 6.07) is 0. The van der Waals surface area contributed by atoms with Gasteiger partial charge in [-0.2, -0.15) is 17.7 Å². The largest absolute Gasteiger partial charge is 1.00 e. The zero-order valence-corrected chi connectivity index (χ0v) is 8.15. The summed E-state index contributed by atoms with van der Waals surface area (Å²) in [5, 5.41) is 0. The molecule has 0 amide bonds. The van der Waals surface area contributed by atoms with Gasteiger partial charge in [0.05, 0.1) is 0 Å². The maximum Gasteiger partial charge on any atom is 1.00 e. The van der Waals surface area contributed by atoms with Crippen molar-refractivity contribution in [2.45, 2.75) is 0 Å². The van der Waals surface area contributed by atoms with E-state index in [9.17, 15) is 0 Å². The van der Waals surface area contributed by atoms with Crippen LogP contribution >= 0.6 is 13.5 Å². The van der Waals surface area contributed by atoms with Gasteiger partial charge in [0.25, 0.3) is 11.4 Å². The zero-order valence-electron chi connectivity index (χ0n) is 4.21. The summed E-state index contributed by atoms with van der Waals surface area (Å²) in [5.74, 6) is 0. The summed E-state index contributed by atoms with van der Waals surface area (Å²) in [6.45, 7) is 0. The molecule has 36 valence electrons. The van der Waals surface area contributed by atoms with E-state index >= 15 is 0 Å². The van der Waals surface area contributed by atoms with Crippen LogP contribution in [0.3, 0.4) is 0 Å². The number of hydrogen-bond acceptors (Lipinski definition) is 1. The van der Waals surface area contributed by atoms with Crippen LogP contribution in [-0.4, -0.2) is 13.3 Å².